The second kappa shape index (κ2) is 5.82. The molecule has 2 aromatic rings. The van der Waals surface area contributed by atoms with Gasteiger partial charge in [0.2, 0.25) is 0 Å². The predicted octanol–water partition coefficient (Wildman–Crippen LogP) is 3.01. The molecule has 2 heterocycles. The second-order valence-electron chi connectivity index (χ2n) is 7.66. The zero-order valence-corrected chi connectivity index (χ0v) is 14.7. The summed E-state index contributed by atoms with van der Waals surface area (Å²) in [5.74, 6) is 2.68. The highest BCUT2D eigenvalue weighted by Crippen LogP contribution is 2.32. The van der Waals surface area contributed by atoms with Crippen LogP contribution in [0.4, 0.5) is 0 Å². The van der Waals surface area contributed by atoms with Crippen LogP contribution in [0.3, 0.4) is 0 Å². The highest BCUT2D eigenvalue weighted by molar-refractivity contribution is 5.12. The molecule has 0 spiro atoms. The number of hydrogen-bond acceptors (Lipinski definition) is 4. The Kier molecular flexibility index (Phi) is 4.40. The quantitative estimate of drug-likeness (QED) is 0.859. The Morgan fingerprint density at radius 1 is 1.05 bits per heavy atom. The van der Waals surface area contributed by atoms with Crippen molar-refractivity contribution in [2.75, 3.05) is 0 Å². The van der Waals surface area contributed by atoms with E-state index in [1.165, 1.54) is 0 Å². The third-order valence-corrected chi connectivity index (χ3v) is 5.36. The summed E-state index contributed by atoms with van der Waals surface area (Å²) < 4.78 is 0. The summed E-state index contributed by atoms with van der Waals surface area (Å²) in [7, 11) is 0. The van der Waals surface area contributed by atoms with E-state index in [-0.39, 0.29) is 10.8 Å². The lowest BCUT2D eigenvalue weighted by Crippen LogP contribution is -2.29. The van der Waals surface area contributed by atoms with E-state index < -0.39 is 0 Å². The highest BCUT2D eigenvalue weighted by Gasteiger charge is 2.33. The molecular formula is C16H28N6. The van der Waals surface area contributed by atoms with Crippen molar-refractivity contribution in [1.29, 1.82) is 0 Å². The van der Waals surface area contributed by atoms with Gasteiger partial charge in [0.25, 0.3) is 0 Å². The van der Waals surface area contributed by atoms with Gasteiger partial charge in [-0.1, -0.05) is 48.5 Å². The lowest BCUT2D eigenvalue weighted by molar-refractivity contribution is 0.327. The Balaban J connectivity index is 2.13. The second-order valence-corrected chi connectivity index (χ2v) is 7.66. The lowest BCUT2D eigenvalue weighted by atomic mass is 9.76. The molecular weight excluding hydrogens is 276 g/mol. The van der Waals surface area contributed by atoms with E-state index in [1.807, 2.05) is 0 Å². The van der Waals surface area contributed by atoms with E-state index in [0.29, 0.717) is 11.8 Å². The minimum Gasteiger partial charge on any atom is -0.263 e. The highest BCUT2D eigenvalue weighted by atomic mass is 15.3. The zero-order valence-electron chi connectivity index (χ0n) is 14.7. The molecule has 6 nitrogen and oxygen atoms in total. The van der Waals surface area contributed by atoms with Gasteiger partial charge in [0.1, 0.15) is 5.82 Å². The van der Waals surface area contributed by atoms with Crippen LogP contribution in [0.15, 0.2) is 6.20 Å². The van der Waals surface area contributed by atoms with Crippen molar-refractivity contribution in [1.82, 2.24) is 30.6 Å². The van der Waals surface area contributed by atoms with Crippen LogP contribution in [0.2, 0.25) is 0 Å². The molecule has 0 aliphatic carbocycles. The molecule has 1 atom stereocenters. The summed E-state index contributed by atoms with van der Waals surface area (Å²) in [6.45, 7) is 15.4. The van der Waals surface area contributed by atoms with Crippen LogP contribution >= 0.6 is 0 Å². The number of nitrogens with one attached hydrogen (secondary N) is 2. The topological polar surface area (TPSA) is 83.1 Å². The zero-order chi connectivity index (χ0) is 16.5. The van der Waals surface area contributed by atoms with Gasteiger partial charge in [-0.15, -0.1) is 0 Å². The van der Waals surface area contributed by atoms with Gasteiger partial charge < -0.3 is 0 Å². The fraction of sp³-hybridized carbons (Fsp3) is 0.750. The van der Waals surface area contributed by atoms with Crippen molar-refractivity contribution in [3.05, 3.63) is 23.5 Å². The van der Waals surface area contributed by atoms with Crippen LogP contribution < -0.4 is 0 Å². The minimum atomic E-state index is -0.0759. The number of aromatic amines is 2. The third kappa shape index (κ3) is 3.05. The normalized spacial score (nSPS) is 14.5. The number of hydrogen-bond donors (Lipinski definition) is 2. The molecule has 0 saturated carbocycles. The maximum absolute atomic E-state index is 4.73. The Hall–Kier alpha value is -1.72. The van der Waals surface area contributed by atoms with E-state index in [0.717, 1.165) is 23.8 Å². The average Bonchev–Trinajstić information content (AvgIpc) is 3.09. The first-order valence-corrected chi connectivity index (χ1v) is 7.93. The lowest BCUT2D eigenvalue weighted by Gasteiger charge is -2.29. The van der Waals surface area contributed by atoms with Gasteiger partial charge in [-0.2, -0.15) is 20.5 Å². The van der Waals surface area contributed by atoms with E-state index in [2.05, 4.69) is 74.1 Å². The molecule has 0 bridgehead atoms. The SMILES string of the molecule is CC(C)C(C)(C)c1n[nH]c(CC(C)C(C)(C)c2cn[nH]n2)n1. The van der Waals surface area contributed by atoms with Gasteiger partial charge >= 0.3 is 0 Å². The van der Waals surface area contributed by atoms with Crippen LogP contribution in [0.25, 0.3) is 0 Å². The predicted molar refractivity (Wildman–Crippen MR) is 86.5 cm³/mol. The molecule has 0 fully saturated rings. The number of rotatable bonds is 6. The van der Waals surface area contributed by atoms with Crippen LogP contribution in [-0.4, -0.2) is 30.6 Å². The van der Waals surface area contributed by atoms with Crippen molar-refractivity contribution in [3.63, 3.8) is 0 Å². The molecule has 22 heavy (non-hydrogen) atoms. The largest absolute Gasteiger partial charge is 0.263 e. The maximum Gasteiger partial charge on any atom is 0.156 e. The van der Waals surface area contributed by atoms with Crippen LogP contribution in [0.5, 0.6) is 0 Å². The molecule has 1 unspecified atom stereocenters. The first kappa shape index (κ1) is 16.6. The Bertz CT molecular complexity index is 594. The summed E-state index contributed by atoms with van der Waals surface area (Å²) in [6, 6.07) is 0. The summed E-state index contributed by atoms with van der Waals surface area (Å²) in [4.78, 5) is 4.73. The molecule has 0 radical (unpaired) electrons. The summed E-state index contributed by atoms with van der Waals surface area (Å²) in [6.07, 6.45) is 2.63. The van der Waals surface area contributed by atoms with Gasteiger partial charge in [-0.25, -0.2) is 4.98 Å². The Morgan fingerprint density at radius 2 is 1.73 bits per heavy atom. The molecule has 0 aliphatic heterocycles. The number of nitrogens with zero attached hydrogens (tertiary/aromatic N) is 4. The maximum atomic E-state index is 4.73. The van der Waals surface area contributed by atoms with Gasteiger partial charge in [-0.3, -0.25) is 5.10 Å². The standard InChI is InChI=1S/C16H28N6/c1-10(2)15(4,5)14-18-13(20-21-14)8-11(3)16(6,7)12-9-17-22-19-12/h9-11H,8H2,1-7H3,(H,17,19,22)(H,18,20,21). The molecule has 0 aromatic carbocycles. The molecule has 6 heteroatoms. The van der Waals surface area contributed by atoms with Crippen LogP contribution in [0.1, 0.15) is 65.8 Å². The molecule has 2 rings (SSSR count). The van der Waals surface area contributed by atoms with Gasteiger partial charge in [0.05, 0.1) is 11.9 Å². The van der Waals surface area contributed by atoms with Crippen molar-refractivity contribution in [2.45, 2.75) is 65.7 Å². The smallest absolute Gasteiger partial charge is 0.156 e. The first-order valence-electron chi connectivity index (χ1n) is 7.93. The van der Waals surface area contributed by atoms with Crippen molar-refractivity contribution >= 4 is 0 Å². The summed E-state index contributed by atoms with van der Waals surface area (Å²) in [5.41, 5.74) is 0.870. The monoisotopic (exact) mass is 304 g/mol. The van der Waals surface area contributed by atoms with Gasteiger partial charge in [0, 0.05) is 17.3 Å². The van der Waals surface area contributed by atoms with Gasteiger partial charge in [0.15, 0.2) is 5.82 Å². The fourth-order valence-corrected chi connectivity index (χ4v) is 2.24. The van der Waals surface area contributed by atoms with Crippen LogP contribution in [-0.2, 0) is 17.3 Å². The van der Waals surface area contributed by atoms with Crippen LogP contribution in [0, 0.1) is 11.8 Å². The molecule has 122 valence electrons. The van der Waals surface area contributed by atoms with E-state index in [1.54, 1.807) is 6.20 Å². The van der Waals surface area contributed by atoms with Crippen molar-refractivity contribution < 1.29 is 0 Å². The molecule has 0 aliphatic rings. The molecule has 0 saturated heterocycles. The first-order chi connectivity index (χ1) is 10.2. The summed E-state index contributed by atoms with van der Waals surface area (Å²) >= 11 is 0. The average molecular weight is 304 g/mol. The number of H-pyrrole nitrogens is 2. The summed E-state index contributed by atoms with van der Waals surface area (Å²) in [5, 5.41) is 18.4. The van der Waals surface area contributed by atoms with E-state index in [4.69, 9.17) is 4.98 Å². The van der Waals surface area contributed by atoms with Crippen molar-refractivity contribution in [3.8, 4) is 0 Å². The molecule has 0 amide bonds. The van der Waals surface area contributed by atoms with Crippen molar-refractivity contribution in [2.24, 2.45) is 11.8 Å². The third-order valence-electron chi connectivity index (χ3n) is 5.36. The Labute approximate surface area is 132 Å². The molecule has 2 aromatic heterocycles. The fourth-order valence-electron chi connectivity index (χ4n) is 2.24. The number of aromatic nitrogens is 6. The molecule has 2 N–H and O–H groups in total. The Morgan fingerprint density at radius 3 is 2.27 bits per heavy atom. The van der Waals surface area contributed by atoms with E-state index in [9.17, 15) is 0 Å². The van der Waals surface area contributed by atoms with Gasteiger partial charge in [-0.05, 0) is 11.8 Å². The van der Waals surface area contributed by atoms with E-state index >= 15 is 0 Å². The minimum absolute atomic E-state index is 0.0282.